The van der Waals surface area contributed by atoms with Gasteiger partial charge in [-0.2, -0.15) is 0 Å². The van der Waals surface area contributed by atoms with E-state index in [9.17, 15) is 0 Å². The van der Waals surface area contributed by atoms with Crippen LogP contribution in [0.15, 0.2) is 23.3 Å². The van der Waals surface area contributed by atoms with Crippen LogP contribution in [0.5, 0.6) is 0 Å². The predicted molar refractivity (Wildman–Crippen MR) is 126 cm³/mol. The summed E-state index contributed by atoms with van der Waals surface area (Å²) in [6, 6.07) is 0. The fourth-order valence-corrected chi connectivity index (χ4v) is 9.44. The monoisotopic (exact) mass is 464 g/mol. The maximum atomic E-state index is 6.32. The van der Waals surface area contributed by atoms with E-state index >= 15 is 0 Å². The molecule has 2 saturated heterocycles. The third kappa shape index (κ3) is 3.04. The highest BCUT2D eigenvalue weighted by Gasteiger charge is 2.65. The first-order chi connectivity index (χ1) is 15.1. The molecule has 4 atom stereocenters. The van der Waals surface area contributed by atoms with E-state index in [1.807, 2.05) is 21.6 Å². The van der Waals surface area contributed by atoms with Crippen molar-refractivity contribution in [2.45, 2.75) is 69.9 Å². The Morgan fingerprint density at radius 3 is 2.55 bits per heavy atom. The lowest BCUT2D eigenvalue weighted by Crippen LogP contribution is -2.52. The minimum Gasteiger partial charge on any atom is -0.347 e. The van der Waals surface area contributed by atoms with Crippen LogP contribution in [0.3, 0.4) is 0 Å². The highest BCUT2D eigenvalue weighted by molar-refractivity contribution is 8.76. The van der Waals surface area contributed by atoms with E-state index in [4.69, 9.17) is 18.9 Å². The van der Waals surface area contributed by atoms with Gasteiger partial charge in [-0.3, -0.25) is 0 Å². The molecule has 31 heavy (non-hydrogen) atoms. The van der Waals surface area contributed by atoms with Crippen molar-refractivity contribution < 1.29 is 18.9 Å². The molecule has 2 saturated carbocycles. The molecule has 4 aliphatic carbocycles. The summed E-state index contributed by atoms with van der Waals surface area (Å²) in [6.45, 7) is 5.46. The summed E-state index contributed by atoms with van der Waals surface area (Å²) in [7, 11) is 3.91. The van der Waals surface area contributed by atoms with Gasteiger partial charge in [0.25, 0.3) is 0 Å². The first-order valence-corrected chi connectivity index (χ1v) is 14.9. The Bertz CT molecular complexity index is 782. The van der Waals surface area contributed by atoms with Crippen LogP contribution in [0.25, 0.3) is 0 Å². The Morgan fingerprint density at radius 1 is 1.00 bits per heavy atom. The maximum Gasteiger partial charge on any atom is 0.174 e. The number of fused-ring (bicyclic) bond motifs is 6. The van der Waals surface area contributed by atoms with E-state index < -0.39 is 0 Å². The van der Waals surface area contributed by atoms with Gasteiger partial charge >= 0.3 is 0 Å². The lowest BCUT2D eigenvalue weighted by Gasteiger charge is -2.56. The zero-order valence-electron chi connectivity index (χ0n) is 19.0. The Morgan fingerprint density at radius 2 is 1.77 bits per heavy atom. The highest BCUT2D eigenvalue weighted by Crippen LogP contribution is 2.68. The molecule has 0 bridgehead atoms. The molecule has 6 heteroatoms. The van der Waals surface area contributed by atoms with E-state index in [1.54, 1.807) is 11.1 Å². The lowest BCUT2D eigenvalue weighted by atomic mass is 9.50. The molecule has 2 heterocycles. The molecule has 0 N–H and O–H groups in total. The Hall–Kier alpha value is 0.0200. The third-order valence-electron chi connectivity index (χ3n) is 9.58. The van der Waals surface area contributed by atoms with Crippen molar-refractivity contribution in [1.82, 2.24) is 0 Å². The van der Waals surface area contributed by atoms with Crippen molar-refractivity contribution >= 4 is 21.6 Å². The van der Waals surface area contributed by atoms with Crippen LogP contribution in [-0.4, -0.2) is 50.0 Å². The topological polar surface area (TPSA) is 36.9 Å². The number of hydrogen-bond donors (Lipinski definition) is 0. The van der Waals surface area contributed by atoms with Crippen LogP contribution in [0.2, 0.25) is 0 Å². The number of allylic oxidation sites excluding steroid dienone is 3. The SMILES string of the molecule is CSSCC[C@]12CCC3(CC1=CC[C@@H]1C2=CC[C@@]2(C)[C@H]1CCC21OCCO1)OCCO3. The molecule has 0 unspecified atom stereocenters. The molecule has 0 radical (unpaired) electrons. The Balaban J connectivity index is 1.36. The molecule has 4 fully saturated rings. The van der Waals surface area contributed by atoms with E-state index in [1.165, 1.54) is 18.6 Å². The molecular weight excluding hydrogens is 428 g/mol. The molecule has 0 amide bonds. The van der Waals surface area contributed by atoms with Crippen LogP contribution in [0.4, 0.5) is 0 Å². The normalized spacial score (nSPS) is 42.3. The second kappa shape index (κ2) is 7.78. The number of ether oxygens (including phenoxy) is 4. The van der Waals surface area contributed by atoms with Gasteiger partial charge < -0.3 is 18.9 Å². The maximum absolute atomic E-state index is 6.32. The number of rotatable bonds is 4. The van der Waals surface area contributed by atoms with Crippen LogP contribution in [0, 0.1) is 22.7 Å². The van der Waals surface area contributed by atoms with Crippen molar-refractivity contribution in [1.29, 1.82) is 0 Å². The van der Waals surface area contributed by atoms with Crippen molar-refractivity contribution in [2.75, 3.05) is 38.4 Å². The second-order valence-corrected chi connectivity index (χ2v) is 13.2. The molecule has 0 aromatic carbocycles. The molecule has 2 aliphatic heterocycles. The first-order valence-electron chi connectivity index (χ1n) is 12.2. The lowest BCUT2D eigenvalue weighted by molar-refractivity contribution is -0.228. The molecule has 6 aliphatic rings. The van der Waals surface area contributed by atoms with Gasteiger partial charge in [0.1, 0.15) is 0 Å². The summed E-state index contributed by atoms with van der Waals surface area (Å²) in [5.74, 6) is 1.81. The Kier molecular flexibility index (Phi) is 5.40. The molecule has 2 spiro atoms. The standard InChI is InChI=1S/C25H36O4S2/c1-22-7-5-21-19(20(22)6-8-25(22)28-14-15-29-25)4-3-18-17-24(26-12-13-27-24)10-9-23(18,21)11-16-31-30-2/h3,5,19-20H,4,6-17H2,1-2H3/t19-,20-,22-,23+/m0/s1. The minimum atomic E-state index is -0.346. The molecule has 0 aromatic heterocycles. The van der Waals surface area contributed by atoms with E-state index in [0.29, 0.717) is 11.8 Å². The average Bonchev–Trinajstić information content (AvgIpc) is 3.50. The molecule has 172 valence electrons. The zero-order chi connectivity index (χ0) is 21.2. The van der Waals surface area contributed by atoms with E-state index in [0.717, 1.165) is 65.0 Å². The second-order valence-electron chi connectivity index (χ2n) is 10.6. The van der Waals surface area contributed by atoms with Crippen LogP contribution in [-0.2, 0) is 18.9 Å². The molecule has 4 nitrogen and oxygen atoms in total. The van der Waals surface area contributed by atoms with Crippen LogP contribution < -0.4 is 0 Å². The van der Waals surface area contributed by atoms with Crippen molar-refractivity contribution in [3.05, 3.63) is 23.3 Å². The third-order valence-corrected chi connectivity index (χ3v) is 11.4. The average molecular weight is 465 g/mol. The summed E-state index contributed by atoms with van der Waals surface area (Å²) in [5, 5.41) is 0. The molecule has 6 rings (SSSR count). The van der Waals surface area contributed by atoms with Gasteiger partial charge in [-0.15, -0.1) is 0 Å². The summed E-state index contributed by atoms with van der Waals surface area (Å²) >= 11 is 0. The van der Waals surface area contributed by atoms with Gasteiger partial charge in [0.05, 0.1) is 26.4 Å². The van der Waals surface area contributed by atoms with Crippen LogP contribution in [0.1, 0.15) is 58.3 Å². The Labute approximate surface area is 194 Å². The fourth-order valence-electron chi connectivity index (χ4n) is 8.10. The van der Waals surface area contributed by atoms with Gasteiger partial charge in [0.15, 0.2) is 11.6 Å². The van der Waals surface area contributed by atoms with Gasteiger partial charge in [0.2, 0.25) is 0 Å². The van der Waals surface area contributed by atoms with Crippen molar-refractivity contribution in [2.24, 2.45) is 22.7 Å². The zero-order valence-corrected chi connectivity index (χ0v) is 20.6. The highest BCUT2D eigenvalue weighted by atomic mass is 33.1. The van der Waals surface area contributed by atoms with E-state index in [-0.39, 0.29) is 22.4 Å². The summed E-state index contributed by atoms with van der Waals surface area (Å²) in [4.78, 5) is 0. The van der Waals surface area contributed by atoms with Gasteiger partial charge in [-0.25, -0.2) is 0 Å². The fraction of sp³-hybridized carbons (Fsp3) is 0.840. The van der Waals surface area contributed by atoms with E-state index in [2.05, 4.69) is 25.3 Å². The van der Waals surface area contributed by atoms with Crippen LogP contribution >= 0.6 is 21.6 Å². The largest absolute Gasteiger partial charge is 0.347 e. The summed E-state index contributed by atoms with van der Waals surface area (Å²) in [6.07, 6.45) is 16.4. The molecular formula is C25H36O4S2. The smallest absolute Gasteiger partial charge is 0.174 e. The summed E-state index contributed by atoms with van der Waals surface area (Å²) < 4.78 is 25.0. The first kappa shape index (κ1) is 21.5. The van der Waals surface area contributed by atoms with Gasteiger partial charge in [-0.05, 0) is 50.2 Å². The number of hydrogen-bond acceptors (Lipinski definition) is 6. The van der Waals surface area contributed by atoms with Gasteiger partial charge in [0, 0.05) is 35.8 Å². The minimum absolute atomic E-state index is 0.103. The quantitative estimate of drug-likeness (QED) is 0.300. The van der Waals surface area contributed by atoms with Gasteiger partial charge in [-0.1, -0.05) is 51.8 Å². The van der Waals surface area contributed by atoms with Crippen molar-refractivity contribution in [3.63, 3.8) is 0 Å². The summed E-state index contributed by atoms with van der Waals surface area (Å²) in [5.41, 5.74) is 3.67. The predicted octanol–water partition coefficient (Wildman–Crippen LogP) is 5.74. The molecule has 0 aromatic rings. The van der Waals surface area contributed by atoms with Crippen molar-refractivity contribution in [3.8, 4) is 0 Å².